The summed E-state index contributed by atoms with van der Waals surface area (Å²) in [5, 5.41) is 0. The Labute approximate surface area is 113 Å². The Morgan fingerprint density at radius 1 is 1.35 bits per heavy atom. The molecule has 20 heavy (non-hydrogen) atoms. The minimum atomic E-state index is -4.82. The molecule has 4 nitrogen and oxygen atoms in total. The number of methoxy groups -OCH3 is 1. The zero-order valence-electron chi connectivity index (χ0n) is 10.7. The largest absolute Gasteiger partial charge is 0.573 e. The number of ether oxygens (including phenoxy) is 2. The van der Waals surface area contributed by atoms with E-state index in [-0.39, 0.29) is 24.4 Å². The number of carbonyl (C=O) groups is 1. The summed E-state index contributed by atoms with van der Waals surface area (Å²) in [6.07, 6.45) is -4.35. The SMILES string of the molecule is COC(=O)C1(c2ccccc2OC(F)(F)F)CC(N)C1. The molecular formula is C13H14F3NO3. The van der Waals surface area contributed by atoms with Gasteiger partial charge >= 0.3 is 12.3 Å². The molecule has 7 heteroatoms. The maximum atomic E-state index is 12.4. The van der Waals surface area contributed by atoms with Crippen LogP contribution in [0.3, 0.4) is 0 Å². The first kappa shape index (κ1) is 14.6. The lowest BCUT2D eigenvalue weighted by molar-refractivity contribution is -0.275. The number of alkyl halides is 3. The van der Waals surface area contributed by atoms with Crippen molar-refractivity contribution in [2.24, 2.45) is 5.73 Å². The van der Waals surface area contributed by atoms with Crippen LogP contribution in [-0.2, 0) is 14.9 Å². The second-order valence-corrected chi connectivity index (χ2v) is 4.79. The Kier molecular flexibility index (Phi) is 3.64. The van der Waals surface area contributed by atoms with E-state index in [2.05, 4.69) is 4.74 Å². The summed E-state index contributed by atoms with van der Waals surface area (Å²) in [5.74, 6) is -0.991. The molecule has 0 atom stereocenters. The molecule has 0 bridgehead atoms. The van der Waals surface area contributed by atoms with Gasteiger partial charge in [0.1, 0.15) is 5.75 Å². The molecule has 1 aliphatic carbocycles. The van der Waals surface area contributed by atoms with Crippen molar-refractivity contribution in [3.8, 4) is 5.75 Å². The van der Waals surface area contributed by atoms with E-state index in [1.807, 2.05) is 0 Å². The Morgan fingerprint density at radius 2 is 1.95 bits per heavy atom. The van der Waals surface area contributed by atoms with E-state index in [0.717, 1.165) is 0 Å². The van der Waals surface area contributed by atoms with Crippen molar-refractivity contribution in [3.05, 3.63) is 29.8 Å². The van der Waals surface area contributed by atoms with E-state index in [1.165, 1.54) is 25.3 Å². The summed E-state index contributed by atoms with van der Waals surface area (Å²) >= 11 is 0. The number of hydrogen-bond acceptors (Lipinski definition) is 4. The lowest BCUT2D eigenvalue weighted by atomic mass is 9.61. The molecule has 0 heterocycles. The van der Waals surface area contributed by atoms with Crippen LogP contribution in [0, 0.1) is 0 Å². The summed E-state index contributed by atoms with van der Waals surface area (Å²) < 4.78 is 46.0. The van der Waals surface area contributed by atoms with Gasteiger partial charge in [0.2, 0.25) is 0 Å². The Bertz CT molecular complexity index is 510. The lowest BCUT2D eigenvalue weighted by Crippen LogP contribution is -2.54. The summed E-state index contributed by atoms with van der Waals surface area (Å²) in [6.45, 7) is 0. The molecule has 0 saturated heterocycles. The molecule has 2 rings (SSSR count). The van der Waals surface area contributed by atoms with Crippen LogP contribution in [0.5, 0.6) is 5.75 Å². The third kappa shape index (κ3) is 2.58. The number of para-hydroxylation sites is 1. The minimum Gasteiger partial charge on any atom is -0.468 e. The van der Waals surface area contributed by atoms with E-state index in [1.54, 1.807) is 6.07 Å². The van der Waals surface area contributed by atoms with Gasteiger partial charge < -0.3 is 15.2 Å². The van der Waals surface area contributed by atoms with Gasteiger partial charge in [-0.25, -0.2) is 0 Å². The van der Waals surface area contributed by atoms with E-state index in [0.29, 0.717) is 0 Å². The van der Waals surface area contributed by atoms with E-state index >= 15 is 0 Å². The van der Waals surface area contributed by atoms with Crippen LogP contribution < -0.4 is 10.5 Å². The molecule has 1 aromatic rings. The van der Waals surface area contributed by atoms with Gasteiger partial charge in [-0.05, 0) is 18.9 Å². The molecule has 2 N–H and O–H groups in total. The molecule has 0 radical (unpaired) electrons. The molecule has 0 aromatic heterocycles. The molecule has 0 spiro atoms. The number of rotatable bonds is 3. The average molecular weight is 289 g/mol. The number of esters is 1. The van der Waals surface area contributed by atoms with Crippen LogP contribution >= 0.6 is 0 Å². The molecule has 1 fully saturated rings. The molecule has 1 aromatic carbocycles. The smallest absolute Gasteiger partial charge is 0.468 e. The van der Waals surface area contributed by atoms with Gasteiger partial charge in [-0.15, -0.1) is 13.2 Å². The molecule has 110 valence electrons. The summed E-state index contributed by atoms with van der Waals surface area (Å²) in [5.41, 5.74) is 4.69. The number of halogens is 3. The number of benzene rings is 1. The van der Waals surface area contributed by atoms with Crippen molar-refractivity contribution in [2.45, 2.75) is 30.7 Å². The van der Waals surface area contributed by atoms with Gasteiger partial charge in [0.15, 0.2) is 0 Å². The second kappa shape index (κ2) is 4.97. The second-order valence-electron chi connectivity index (χ2n) is 4.79. The van der Waals surface area contributed by atoms with Crippen LogP contribution in [-0.4, -0.2) is 25.5 Å². The normalized spacial score (nSPS) is 25.8. The molecule has 1 saturated carbocycles. The fourth-order valence-corrected chi connectivity index (χ4v) is 2.60. The highest BCUT2D eigenvalue weighted by atomic mass is 19.4. The zero-order chi connectivity index (χ0) is 15.0. The quantitative estimate of drug-likeness (QED) is 0.866. The summed E-state index contributed by atoms with van der Waals surface area (Å²) in [7, 11) is 1.20. The minimum absolute atomic E-state index is 0.158. The number of carbonyl (C=O) groups excluding carboxylic acids is 1. The Hall–Kier alpha value is -1.76. The maximum Gasteiger partial charge on any atom is 0.573 e. The van der Waals surface area contributed by atoms with Gasteiger partial charge in [0.25, 0.3) is 0 Å². The third-order valence-corrected chi connectivity index (χ3v) is 3.43. The summed E-state index contributed by atoms with van der Waals surface area (Å²) in [6, 6.07) is 5.33. The van der Waals surface area contributed by atoms with Crippen LogP contribution in [0.2, 0.25) is 0 Å². The van der Waals surface area contributed by atoms with E-state index in [9.17, 15) is 18.0 Å². The Morgan fingerprint density at radius 3 is 2.45 bits per heavy atom. The monoisotopic (exact) mass is 289 g/mol. The predicted octanol–water partition coefficient (Wildman–Crippen LogP) is 2.12. The summed E-state index contributed by atoms with van der Waals surface area (Å²) in [4.78, 5) is 12.0. The van der Waals surface area contributed by atoms with Crippen molar-refractivity contribution in [1.82, 2.24) is 0 Å². The van der Waals surface area contributed by atoms with Crippen LogP contribution in [0.15, 0.2) is 24.3 Å². The van der Waals surface area contributed by atoms with Gasteiger partial charge in [-0.2, -0.15) is 0 Å². The van der Waals surface area contributed by atoms with Crippen molar-refractivity contribution >= 4 is 5.97 Å². The Balaban J connectivity index is 2.42. The highest BCUT2D eigenvalue weighted by molar-refractivity contribution is 5.85. The van der Waals surface area contributed by atoms with Crippen molar-refractivity contribution in [1.29, 1.82) is 0 Å². The predicted molar refractivity (Wildman–Crippen MR) is 64.0 cm³/mol. The standard InChI is InChI=1S/C13H14F3NO3/c1-19-11(18)12(6-8(17)7-12)9-4-2-3-5-10(9)20-13(14,15)16/h2-5,8H,6-7,17H2,1H3. The first-order valence-corrected chi connectivity index (χ1v) is 5.98. The molecule has 1 aliphatic rings. The number of hydrogen-bond donors (Lipinski definition) is 1. The van der Waals surface area contributed by atoms with Crippen LogP contribution in [0.1, 0.15) is 18.4 Å². The lowest BCUT2D eigenvalue weighted by Gasteiger charge is -2.44. The van der Waals surface area contributed by atoms with Crippen LogP contribution in [0.25, 0.3) is 0 Å². The van der Waals surface area contributed by atoms with Crippen LogP contribution in [0.4, 0.5) is 13.2 Å². The molecular weight excluding hydrogens is 275 g/mol. The first-order valence-electron chi connectivity index (χ1n) is 5.98. The van der Waals surface area contributed by atoms with Gasteiger partial charge in [0.05, 0.1) is 12.5 Å². The van der Waals surface area contributed by atoms with E-state index < -0.39 is 23.5 Å². The van der Waals surface area contributed by atoms with E-state index in [4.69, 9.17) is 10.5 Å². The topological polar surface area (TPSA) is 61.5 Å². The highest BCUT2D eigenvalue weighted by Gasteiger charge is 2.53. The maximum absolute atomic E-state index is 12.4. The van der Waals surface area contributed by atoms with Crippen molar-refractivity contribution in [3.63, 3.8) is 0 Å². The van der Waals surface area contributed by atoms with Gasteiger partial charge in [0, 0.05) is 11.6 Å². The van der Waals surface area contributed by atoms with Crippen molar-refractivity contribution in [2.75, 3.05) is 7.11 Å². The highest BCUT2D eigenvalue weighted by Crippen LogP contribution is 2.48. The fourth-order valence-electron chi connectivity index (χ4n) is 2.60. The number of nitrogens with two attached hydrogens (primary N) is 1. The third-order valence-electron chi connectivity index (χ3n) is 3.43. The molecule has 0 aliphatic heterocycles. The molecule has 0 unspecified atom stereocenters. The first-order chi connectivity index (χ1) is 9.28. The average Bonchev–Trinajstić information content (AvgIpc) is 2.33. The van der Waals surface area contributed by atoms with Crippen molar-refractivity contribution < 1.29 is 27.4 Å². The zero-order valence-corrected chi connectivity index (χ0v) is 10.7. The van der Waals surface area contributed by atoms with Gasteiger partial charge in [-0.1, -0.05) is 18.2 Å². The molecule has 0 amide bonds. The van der Waals surface area contributed by atoms with Gasteiger partial charge in [-0.3, -0.25) is 4.79 Å². The fraction of sp³-hybridized carbons (Fsp3) is 0.462.